The van der Waals surface area contributed by atoms with Gasteiger partial charge in [0.15, 0.2) is 11.5 Å². The van der Waals surface area contributed by atoms with Crippen LogP contribution in [-0.4, -0.2) is 43.1 Å². The van der Waals surface area contributed by atoms with E-state index in [9.17, 15) is 4.79 Å². The Hall–Kier alpha value is -3.81. The Kier molecular flexibility index (Phi) is 7.05. The van der Waals surface area contributed by atoms with Gasteiger partial charge in [0.05, 0.1) is 32.7 Å². The van der Waals surface area contributed by atoms with Crippen molar-refractivity contribution >= 4 is 12.1 Å². The van der Waals surface area contributed by atoms with Gasteiger partial charge in [-0.1, -0.05) is 6.92 Å². The van der Waals surface area contributed by atoms with Crippen LogP contribution in [-0.2, 0) is 0 Å². The summed E-state index contributed by atoms with van der Waals surface area (Å²) in [6.07, 6.45) is 2.47. The van der Waals surface area contributed by atoms with Gasteiger partial charge in [0.25, 0.3) is 5.91 Å². The molecule has 2 N–H and O–H groups in total. The maximum Gasteiger partial charge on any atom is 0.289 e. The number of nitrogens with one attached hydrogen (secondary N) is 2. The molecule has 8 nitrogen and oxygen atoms in total. The van der Waals surface area contributed by atoms with E-state index in [0.29, 0.717) is 29.5 Å². The molecule has 156 valence electrons. The average Bonchev–Trinajstić information content (AvgIpc) is 3.28. The van der Waals surface area contributed by atoms with Crippen LogP contribution in [0.3, 0.4) is 0 Å². The lowest BCUT2D eigenvalue weighted by atomic mass is 10.1. The second-order valence-corrected chi connectivity index (χ2v) is 6.35. The lowest BCUT2D eigenvalue weighted by Crippen LogP contribution is -2.18. The molecule has 0 saturated carbocycles. The van der Waals surface area contributed by atoms with Crippen LogP contribution in [0.5, 0.6) is 17.2 Å². The van der Waals surface area contributed by atoms with Gasteiger partial charge in [0.2, 0.25) is 0 Å². The van der Waals surface area contributed by atoms with Crippen LogP contribution in [0, 0.1) is 0 Å². The van der Waals surface area contributed by atoms with Crippen LogP contribution in [0.4, 0.5) is 0 Å². The molecular formula is C22H24N4O4. The van der Waals surface area contributed by atoms with Gasteiger partial charge in [0.1, 0.15) is 11.4 Å². The van der Waals surface area contributed by atoms with E-state index in [4.69, 9.17) is 14.2 Å². The van der Waals surface area contributed by atoms with E-state index in [2.05, 4.69) is 27.6 Å². The molecule has 0 aliphatic heterocycles. The first-order valence-electron chi connectivity index (χ1n) is 9.48. The number of H-pyrrole nitrogens is 1. The maximum absolute atomic E-state index is 12.3. The monoisotopic (exact) mass is 408 g/mol. The summed E-state index contributed by atoms with van der Waals surface area (Å²) in [6, 6.07) is 14.6. The Morgan fingerprint density at radius 2 is 1.87 bits per heavy atom. The molecule has 1 heterocycles. The molecule has 0 radical (unpaired) electrons. The van der Waals surface area contributed by atoms with Crippen molar-refractivity contribution in [3.05, 3.63) is 59.8 Å². The van der Waals surface area contributed by atoms with E-state index in [1.807, 2.05) is 24.3 Å². The quantitative estimate of drug-likeness (QED) is 0.416. The summed E-state index contributed by atoms with van der Waals surface area (Å²) < 4.78 is 16.0. The number of carbonyl (C=O) groups is 1. The van der Waals surface area contributed by atoms with Crippen molar-refractivity contribution in [2.75, 3.05) is 20.8 Å². The Balaban J connectivity index is 1.62. The largest absolute Gasteiger partial charge is 0.494 e. The molecule has 8 heteroatoms. The molecule has 0 saturated heterocycles. The normalized spacial score (nSPS) is 10.8. The molecular weight excluding hydrogens is 384 g/mol. The third-order valence-corrected chi connectivity index (χ3v) is 4.23. The third-order valence-electron chi connectivity index (χ3n) is 4.23. The number of rotatable bonds is 9. The number of nitrogens with zero attached hydrogens (tertiary/aromatic N) is 2. The molecule has 30 heavy (non-hydrogen) atoms. The summed E-state index contributed by atoms with van der Waals surface area (Å²) in [5.74, 6) is 1.61. The highest BCUT2D eigenvalue weighted by Gasteiger charge is 2.11. The topological polar surface area (TPSA) is 97.8 Å². The summed E-state index contributed by atoms with van der Waals surface area (Å²) in [5, 5.41) is 10.9. The Labute approximate surface area is 174 Å². The molecule has 1 aromatic heterocycles. The van der Waals surface area contributed by atoms with Crippen molar-refractivity contribution in [3.63, 3.8) is 0 Å². The fourth-order valence-electron chi connectivity index (χ4n) is 2.69. The third kappa shape index (κ3) is 5.16. The van der Waals surface area contributed by atoms with Crippen LogP contribution in [0.25, 0.3) is 11.3 Å². The standard InChI is InChI=1S/C22H24N4O4/c1-4-11-30-17-8-6-16(7-9-17)18-13-19(25-24-18)22(27)26-23-14-15-5-10-20(28-2)21(12-15)29-3/h5-10,12-14H,4,11H2,1-3H3,(H,24,25)(H,26,27)/b23-14-. The van der Waals surface area contributed by atoms with E-state index in [1.165, 1.54) is 6.21 Å². The molecule has 0 aliphatic rings. The van der Waals surface area contributed by atoms with Crippen molar-refractivity contribution < 1.29 is 19.0 Å². The summed E-state index contributed by atoms with van der Waals surface area (Å²) in [6.45, 7) is 2.73. The minimum atomic E-state index is -0.395. The minimum absolute atomic E-state index is 0.306. The van der Waals surface area contributed by atoms with Crippen molar-refractivity contribution in [1.29, 1.82) is 0 Å². The highest BCUT2D eigenvalue weighted by molar-refractivity contribution is 5.94. The number of carbonyl (C=O) groups excluding carboxylic acids is 1. The van der Waals surface area contributed by atoms with Crippen LogP contribution in [0.1, 0.15) is 29.4 Å². The SMILES string of the molecule is CCCOc1ccc(-c2cc(C(=O)N/N=C\c3ccc(OC)c(OC)c3)[nH]n2)cc1. The second kappa shape index (κ2) is 10.1. The van der Waals surface area contributed by atoms with E-state index >= 15 is 0 Å². The number of aromatic nitrogens is 2. The molecule has 0 bridgehead atoms. The van der Waals surface area contributed by atoms with E-state index in [-0.39, 0.29) is 0 Å². The Morgan fingerprint density at radius 1 is 1.10 bits per heavy atom. The van der Waals surface area contributed by atoms with Gasteiger partial charge in [-0.15, -0.1) is 0 Å². The molecule has 3 rings (SSSR count). The lowest BCUT2D eigenvalue weighted by molar-refractivity contribution is 0.0950. The number of methoxy groups -OCH3 is 2. The zero-order valence-corrected chi connectivity index (χ0v) is 17.1. The fraction of sp³-hybridized carbons (Fsp3) is 0.227. The van der Waals surface area contributed by atoms with Crippen LogP contribution < -0.4 is 19.6 Å². The Morgan fingerprint density at radius 3 is 2.57 bits per heavy atom. The number of hydrazone groups is 1. The smallest absolute Gasteiger partial charge is 0.289 e. The Bertz CT molecular complexity index is 1010. The lowest BCUT2D eigenvalue weighted by Gasteiger charge is -2.07. The van der Waals surface area contributed by atoms with Crippen molar-refractivity contribution in [2.24, 2.45) is 5.10 Å². The van der Waals surface area contributed by atoms with Crippen LogP contribution in [0.15, 0.2) is 53.6 Å². The summed E-state index contributed by atoms with van der Waals surface area (Å²) in [4.78, 5) is 12.3. The number of hydrogen-bond donors (Lipinski definition) is 2. The van der Waals surface area contributed by atoms with E-state index < -0.39 is 5.91 Å². The molecule has 0 fully saturated rings. The first-order chi connectivity index (χ1) is 14.6. The number of ether oxygens (including phenoxy) is 3. The van der Waals surface area contributed by atoms with Crippen LogP contribution in [0.2, 0.25) is 0 Å². The zero-order chi connectivity index (χ0) is 21.3. The van der Waals surface area contributed by atoms with Gasteiger partial charge in [-0.2, -0.15) is 10.2 Å². The van der Waals surface area contributed by atoms with E-state index in [0.717, 1.165) is 23.3 Å². The first kappa shape index (κ1) is 20.9. The number of aromatic amines is 1. The number of benzene rings is 2. The molecule has 0 aliphatic carbocycles. The molecule has 0 unspecified atom stereocenters. The summed E-state index contributed by atoms with van der Waals surface area (Å²) in [5.41, 5.74) is 5.07. The van der Waals surface area contributed by atoms with E-state index in [1.54, 1.807) is 38.5 Å². The first-order valence-corrected chi connectivity index (χ1v) is 9.48. The molecule has 0 spiro atoms. The highest BCUT2D eigenvalue weighted by Crippen LogP contribution is 2.27. The molecule has 1 amide bonds. The van der Waals surface area contributed by atoms with Gasteiger partial charge in [-0.3, -0.25) is 9.89 Å². The predicted octanol–water partition coefficient (Wildman–Crippen LogP) is 3.65. The minimum Gasteiger partial charge on any atom is -0.494 e. The summed E-state index contributed by atoms with van der Waals surface area (Å²) in [7, 11) is 3.13. The maximum atomic E-state index is 12.3. The van der Waals surface area contributed by atoms with Crippen LogP contribution >= 0.6 is 0 Å². The second-order valence-electron chi connectivity index (χ2n) is 6.35. The number of amides is 1. The predicted molar refractivity (Wildman–Crippen MR) is 114 cm³/mol. The van der Waals surface area contributed by atoms with Gasteiger partial charge in [-0.05, 0) is 60.5 Å². The molecule has 3 aromatic rings. The van der Waals surface area contributed by atoms with Gasteiger partial charge < -0.3 is 14.2 Å². The zero-order valence-electron chi connectivity index (χ0n) is 17.1. The van der Waals surface area contributed by atoms with Crippen molar-refractivity contribution in [1.82, 2.24) is 15.6 Å². The highest BCUT2D eigenvalue weighted by atomic mass is 16.5. The number of hydrogen-bond acceptors (Lipinski definition) is 6. The average molecular weight is 408 g/mol. The fourth-order valence-corrected chi connectivity index (χ4v) is 2.69. The van der Waals surface area contributed by atoms with Gasteiger partial charge in [-0.25, -0.2) is 5.43 Å². The molecule has 2 aromatic carbocycles. The van der Waals surface area contributed by atoms with Gasteiger partial charge >= 0.3 is 0 Å². The van der Waals surface area contributed by atoms with Crippen molar-refractivity contribution in [3.8, 4) is 28.5 Å². The summed E-state index contributed by atoms with van der Waals surface area (Å²) >= 11 is 0. The van der Waals surface area contributed by atoms with Gasteiger partial charge in [0, 0.05) is 5.56 Å². The van der Waals surface area contributed by atoms with Crippen molar-refractivity contribution in [2.45, 2.75) is 13.3 Å². The molecule has 0 atom stereocenters.